The largest absolute Gasteiger partial charge is 0.342 e. The van der Waals surface area contributed by atoms with Crippen LogP contribution >= 0.6 is 0 Å². The van der Waals surface area contributed by atoms with Gasteiger partial charge in [0.05, 0.1) is 0 Å². The molecule has 1 heterocycles. The molecule has 0 bridgehead atoms. The Morgan fingerprint density at radius 1 is 1.67 bits per heavy atom. The molecular formula is C9H18N2O. The summed E-state index contributed by atoms with van der Waals surface area (Å²) in [4.78, 5) is 12.3. The molecule has 0 spiro atoms. The third-order valence-corrected chi connectivity index (χ3v) is 2.19. The van der Waals surface area contributed by atoms with Gasteiger partial charge in [-0.25, -0.2) is 0 Å². The Balaban J connectivity index is 2.30. The van der Waals surface area contributed by atoms with Gasteiger partial charge < -0.3 is 10.2 Å². The van der Waals surface area contributed by atoms with Crippen molar-refractivity contribution in [3.8, 4) is 0 Å². The molecule has 1 fully saturated rings. The molecule has 0 aromatic rings. The van der Waals surface area contributed by atoms with Crippen LogP contribution in [0.25, 0.3) is 0 Å². The summed E-state index contributed by atoms with van der Waals surface area (Å²) in [6, 6.07) is 0.504. The Kier molecular flexibility index (Phi) is 3.53. The van der Waals surface area contributed by atoms with Crippen molar-refractivity contribution >= 4 is 6.41 Å². The van der Waals surface area contributed by atoms with Crippen molar-refractivity contribution in [3.05, 3.63) is 0 Å². The van der Waals surface area contributed by atoms with Gasteiger partial charge in [0.25, 0.3) is 0 Å². The van der Waals surface area contributed by atoms with E-state index >= 15 is 0 Å². The minimum absolute atomic E-state index is 0.504. The number of hydrogen-bond donors (Lipinski definition) is 1. The summed E-state index contributed by atoms with van der Waals surface area (Å²) in [5, 5.41) is 3.41. The first-order valence-corrected chi connectivity index (χ1v) is 4.65. The fourth-order valence-electron chi connectivity index (χ4n) is 1.67. The summed E-state index contributed by atoms with van der Waals surface area (Å²) in [7, 11) is 0. The molecule has 1 unspecified atom stereocenters. The van der Waals surface area contributed by atoms with Gasteiger partial charge in [-0.15, -0.1) is 0 Å². The van der Waals surface area contributed by atoms with Gasteiger partial charge in [0, 0.05) is 25.7 Å². The fourth-order valence-corrected chi connectivity index (χ4v) is 1.67. The van der Waals surface area contributed by atoms with Crippen LogP contribution in [0.3, 0.4) is 0 Å². The van der Waals surface area contributed by atoms with E-state index in [1.54, 1.807) is 0 Å². The van der Waals surface area contributed by atoms with Gasteiger partial charge in [-0.05, 0) is 12.3 Å². The zero-order valence-electron chi connectivity index (χ0n) is 7.92. The molecule has 3 nitrogen and oxygen atoms in total. The summed E-state index contributed by atoms with van der Waals surface area (Å²) < 4.78 is 0. The highest BCUT2D eigenvalue weighted by Crippen LogP contribution is 2.07. The van der Waals surface area contributed by atoms with E-state index in [0.717, 1.165) is 32.5 Å². The minimum Gasteiger partial charge on any atom is -0.342 e. The van der Waals surface area contributed by atoms with Crippen LogP contribution in [0, 0.1) is 5.92 Å². The molecule has 1 aliphatic heterocycles. The lowest BCUT2D eigenvalue weighted by molar-refractivity contribution is -0.119. The van der Waals surface area contributed by atoms with E-state index in [1.807, 2.05) is 4.90 Å². The predicted molar refractivity (Wildman–Crippen MR) is 48.9 cm³/mol. The van der Waals surface area contributed by atoms with Crippen molar-refractivity contribution < 1.29 is 4.79 Å². The topological polar surface area (TPSA) is 32.3 Å². The molecule has 1 N–H and O–H groups in total. The molecule has 70 valence electrons. The van der Waals surface area contributed by atoms with E-state index in [1.165, 1.54) is 0 Å². The van der Waals surface area contributed by atoms with E-state index < -0.39 is 0 Å². The number of nitrogens with one attached hydrogen (secondary N) is 1. The van der Waals surface area contributed by atoms with Crippen LogP contribution in [0.2, 0.25) is 0 Å². The standard InChI is InChI=1S/C9H18N2O/c1-8(2)5-9-6-11(7-12)4-3-10-9/h7-10H,3-6H2,1-2H3. The van der Waals surface area contributed by atoms with Crippen LogP contribution in [0.4, 0.5) is 0 Å². The number of piperazine rings is 1. The maximum absolute atomic E-state index is 10.5. The van der Waals surface area contributed by atoms with E-state index in [-0.39, 0.29) is 0 Å². The van der Waals surface area contributed by atoms with Crippen LogP contribution in [0.15, 0.2) is 0 Å². The van der Waals surface area contributed by atoms with Crippen molar-refractivity contribution in [2.45, 2.75) is 26.3 Å². The summed E-state index contributed by atoms with van der Waals surface area (Å²) >= 11 is 0. The van der Waals surface area contributed by atoms with E-state index in [2.05, 4.69) is 19.2 Å². The first kappa shape index (κ1) is 9.52. The van der Waals surface area contributed by atoms with Gasteiger partial charge >= 0.3 is 0 Å². The summed E-state index contributed by atoms with van der Waals surface area (Å²) in [6.45, 7) is 7.10. The Labute approximate surface area is 74.1 Å². The second-order valence-electron chi connectivity index (χ2n) is 3.88. The molecule has 1 rings (SSSR count). The Hall–Kier alpha value is -0.570. The molecule has 0 aromatic carbocycles. The van der Waals surface area contributed by atoms with Crippen molar-refractivity contribution in [1.82, 2.24) is 10.2 Å². The lowest BCUT2D eigenvalue weighted by Crippen LogP contribution is -2.50. The molecule has 12 heavy (non-hydrogen) atoms. The van der Waals surface area contributed by atoms with E-state index in [4.69, 9.17) is 0 Å². The maximum Gasteiger partial charge on any atom is 0.209 e. The van der Waals surface area contributed by atoms with Crippen LogP contribution in [-0.2, 0) is 4.79 Å². The lowest BCUT2D eigenvalue weighted by Gasteiger charge is -2.31. The van der Waals surface area contributed by atoms with Crippen LogP contribution in [0.1, 0.15) is 20.3 Å². The number of carbonyl (C=O) groups excluding carboxylic acids is 1. The smallest absolute Gasteiger partial charge is 0.209 e. The zero-order valence-corrected chi connectivity index (χ0v) is 7.92. The first-order chi connectivity index (χ1) is 5.72. The highest BCUT2D eigenvalue weighted by molar-refractivity contribution is 5.47. The number of amides is 1. The minimum atomic E-state index is 0.504. The summed E-state index contributed by atoms with van der Waals surface area (Å²) in [5.41, 5.74) is 0. The molecule has 0 aliphatic carbocycles. The maximum atomic E-state index is 10.5. The Morgan fingerprint density at radius 2 is 2.42 bits per heavy atom. The number of carbonyl (C=O) groups is 1. The molecule has 0 radical (unpaired) electrons. The average Bonchev–Trinajstić information content (AvgIpc) is 2.03. The van der Waals surface area contributed by atoms with Crippen molar-refractivity contribution in [2.24, 2.45) is 5.92 Å². The molecule has 1 amide bonds. The highest BCUT2D eigenvalue weighted by atomic mass is 16.1. The van der Waals surface area contributed by atoms with Gasteiger partial charge in [-0.1, -0.05) is 13.8 Å². The zero-order chi connectivity index (χ0) is 8.97. The predicted octanol–water partition coefficient (Wildman–Crippen LogP) is 0.463. The normalized spacial score (nSPS) is 24.6. The van der Waals surface area contributed by atoms with E-state index in [9.17, 15) is 4.79 Å². The van der Waals surface area contributed by atoms with Crippen molar-refractivity contribution in [2.75, 3.05) is 19.6 Å². The van der Waals surface area contributed by atoms with Gasteiger partial charge in [0.15, 0.2) is 0 Å². The number of rotatable bonds is 3. The van der Waals surface area contributed by atoms with E-state index in [0.29, 0.717) is 12.0 Å². The Bertz CT molecular complexity index is 147. The number of hydrogen-bond acceptors (Lipinski definition) is 2. The molecule has 3 heteroatoms. The second kappa shape index (κ2) is 4.45. The Morgan fingerprint density at radius 3 is 3.00 bits per heavy atom. The molecule has 1 saturated heterocycles. The molecule has 0 saturated carbocycles. The lowest BCUT2D eigenvalue weighted by atomic mass is 10.0. The summed E-state index contributed by atoms with van der Waals surface area (Å²) in [6.07, 6.45) is 2.11. The quantitative estimate of drug-likeness (QED) is 0.624. The van der Waals surface area contributed by atoms with Gasteiger partial charge in [-0.3, -0.25) is 4.79 Å². The molecular weight excluding hydrogens is 152 g/mol. The van der Waals surface area contributed by atoms with Crippen molar-refractivity contribution in [3.63, 3.8) is 0 Å². The van der Waals surface area contributed by atoms with Crippen LogP contribution in [0.5, 0.6) is 0 Å². The van der Waals surface area contributed by atoms with Gasteiger partial charge in [-0.2, -0.15) is 0 Å². The third-order valence-electron chi connectivity index (χ3n) is 2.19. The third kappa shape index (κ3) is 2.81. The summed E-state index contributed by atoms with van der Waals surface area (Å²) in [5.74, 6) is 0.703. The fraction of sp³-hybridized carbons (Fsp3) is 0.889. The van der Waals surface area contributed by atoms with Gasteiger partial charge in [0.1, 0.15) is 0 Å². The second-order valence-corrected chi connectivity index (χ2v) is 3.88. The molecule has 0 aromatic heterocycles. The number of nitrogens with zero attached hydrogens (tertiary/aromatic N) is 1. The van der Waals surface area contributed by atoms with Gasteiger partial charge in [0.2, 0.25) is 6.41 Å². The van der Waals surface area contributed by atoms with Crippen LogP contribution < -0.4 is 5.32 Å². The highest BCUT2D eigenvalue weighted by Gasteiger charge is 2.18. The van der Waals surface area contributed by atoms with Crippen LogP contribution in [-0.4, -0.2) is 37.0 Å². The molecule has 1 aliphatic rings. The van der Waals surface area contributed by atoms with Crippen molar-refractivity contribution in [1.29, 1.82) is 0 Å². The average molecular weight is 170 g/mol. The SMILES string of the molecule is CC(C)CC1CN(C=O)CCN1. The first-order valence-electron chi connectivity index (χ1n) is 4.65. The molecule has 1 atom stereocenters. The monoisotopic (exact) mass is 170 g/mol.